The third kappa shape index (κ3) is 3.83. The van der Waals surface area contributed by atoms with Crippen molar-refractivity contribution in [2.45, 2.75) is 13.0 Å². The summed E-state index contributed by atoms with van der Waals surface area (Å²) in [5.74, 6) is -0.535. The van der Waals surface area contributed by atoms with Crippen LogP contribution in [0.1, 0.15) is 16.7 Å². The molecule has 0 fully saturated rings. The van der Waals surface area contributed by atoms with Crippen LogP contribution in [0.4, 0.5) is 5.69 Å². The maximum absolute atomic E-state index is 12.3. The molecular weight excluding hydrogens is 316 g/mol. The first-order chi connectivity index (χ1) is 12.0. The van der Waals surface area contributed by atoms with Gasteiger partial charge in [0.2, 0.25) is 5.91 Å². The smallest absolute Gasteiger partial charge is 0.246 e. The van der Waals surface area contributed by atoms with Crippen LogP contribution in [0.15, 0.2) is 54.6 Å². The highest BCUT2D eigenvalue weighted by atomic mass is 16.3. The Hall–Kier alpha value is -3.21. The first kappa shape index (κ1) is 16.6. The highest BCUT2D eigenvalue weighted by Crippen LogP contribution is 2.30. The Kier molecular flexibility index (Phi) is 4.75. The molecule has 0 unspecified atom stereocenters. The van der Waals surface area contributed by atoms with E-state index in [0.717, 1.165) is 6.42 Å². The molecule has 0 spiro atoms. The van der Waals surface area contributed by atoms with Gasteiger partial charge in [-0.15, -0.1) is 0 Å². The van der Waals surface area contributed by atoms with Crippen LogP contribution in [0, 0.1) is 0 Å². The third-order valence-corrected chi connectivity index (χ3v) is 4.25. The van der Waals surface area contributed by atoms with E-state index in [1.54, 1.807) is 18.2 Å². The van der Waals surface area contributed by atoms with Crippen molar-refractivity contribution in [2.75, 3.05) is 12.3 Å². The molecule has 1 aliphatic rings. The van der Waals surface area contributed by atoms with Crippen LogP contribution in [0.3, 0.4) is 0 Å². The second kappa shape index (κ2) is 7.13. The number of amides is 1. The number of phenolic OH excluding ortho intramolecular Hbond substituents is 2. The number of rotatable bonds is 3. The highest BCUT2D eigenvalue weighted by molar-refractivity contribution is 5.88. The number of benzene rings is 2. The Morgan fingerprint density at radius 1 is 1.08 bits per heavy atom. The van der Waals surface area contributed by atoms with Gasteiger partial charge in [0.25, 0.3) is 0 Å². The average molecular weight is 336 g/mol. The molecule has 2 aromatic carbocycles. The molecule has 0 saturated carbocycles. The zero-order chi connectivity index (χ0) is 17.8. The monoisotopic (exact) mass is 336 g/mol. The number of phenols is 2. The number of nitrogen functional groups attached to an aromatic ring is 1. The van der Waals surface area contributed by atoms with Crippen molar-refractivity contribution in [3.63, 3.8) is 0 Å². The fourth-order valence-electron chi connectivity index (χ4n) is 2.84. The molecule has 1 amide bonds. The van der Waals surface area contributed by atoms with Crippen LogP contribution in [-0.2, 0) is 17.8 Å². The predicted octanol–water partition coefficient (Wildman–Crippen LogP) is 2.83. The maximum atomic E-state index is 12.3. The first-order valence-corrected chi connectivity index (χ1v) is 8.06. The predicted molar refractivity (Wildman–Crippen MR) is 97.9 cm³/mol. The lowest BCUT2D eigenvalue weighted by Gasteiger charge is -2.27. The standard InChI is InChI=1S/C20H20N2O3/c21-17-12-19(24)18(23)11-15(17)6-3-4-8-20(25)22-10-9-14-5-1-2-7-16(14)13-22/h1-8,11-12,23-24H,9-10,13,21H2/b6-3+,8-4+. The molecule has 5 heteroatoms. The number of anilines is 1. The molecule has 1 aliphatic heterocycles. The van der Waals surface area contributed by atoms with E-state index in [4.69, 9.17) is 5.73 Å². The van der Waals surface area contributed by atoms with E-state index in [1.807, 2.05) is 17.0 Å². The van der Waals surface area contributed by atoms with E-state index in [2.05, 4.69) is 12.1 Å². The minimum Gasteiger partial charge on any atom is -0.504 e. The SMILES string of the molecule is Nc1cc(O)c(O)cc1/C=C/C=C/C(=O)N1CCc2ccccc2C1. The molecule has 0 radical (unpaired) electrons. The molecule has 25 heavy (non-hydrogen) atoms. The summed E-state index contributed by atoms with van der Waals surface area (Å²) < 4.78 is 0. The van der Waals surface area contributed by atoms with Crippen LogP contribution in [0.5, 0.6) is 11.5 Å². The average Bonchev–Trinajstić information content (AvgIpc) is 2.62. The number of hydrogen-bond donors (Lipinski definition) is 3. The van der Waals surface area contributed by atoms with Gasteiger partial charge in [0, 0.05) is 36.5 Å². The van der Waals surface area contributed by atoms with Crippen LogP contribution in [0.25, 0.3) is 6.08 Å². The normalized spacial score (nSPS) is 14.2. The number of carbonyl (C=O) groups is 1. The summed E-state index contributed by atoms with van der Waals surface area (Å²) in [7, 11) is 0. The lowest BCUT2D eigenvalue weighted by Crippen LogP contribution is -2.34. The Bertz CT molecular complexity index is 856. The number of nitrogens with two attached hydrogens (primary N) is 1. The minimum atomic E-state index is -0.259. The van der Waals surface area contributed by atoms with E-state index < -0.39 is 0 Å². The Balaban J connectivity index is 1.63. The van der Waals surface area contributed by atoms with Gasteiger partial charge in [-0.25, -0.2) is 0 Å². The van der Waals surface area contributed by atoms with Crippen molar-refractivity contribution in [2.24, 2.45) is 0 Å². The van der Waals surface area contributed by atoms with Crippen LogP contribution in [0.2, 0.25) is 0 Å². The fourth-order valence-corrected chi connectivity index (χ4v) is 2.84. The molecule has 0 atom stereocenters. The summed E-state index contributed by atoms with van der Waals surface area (Å²) in [4.78, 5) is 14.1. The largest absolute Gasteiger partial charge is 0.504 e. The maximum Gasteiger partial charge on any atom is 0.246 e. The van der Waals surface area contributed by atoms with Gasteiger partial charge in [-0.1, -0.05) is 42.5 Å². The Labute approximate surface area is 146 Å². The summed E-state index contributed by atoms with van der Waals surface area (Å²) in [5.41, 5.74) is 9.18. The lowest BCUT2D eigenvalue weighted by molar-refractivity contribution is -0.126. The number of hydrogen-bond acceptors (Lipinski definition) is 4. The molecule has 3 rings (SSSR count). The van der Waals surface area contributed by atoms with Crippen LogP contribution >= 0.6 is 0 Å². The van der Waals surface area contributed by atoms with Crippen molar-refractivity contribution in [3.05, 3.63) is 71.3 Å². The number of nitrogens with zero attached hydrogens (tertiary/aromatic N) is 1. The minimum absolute atomic E-state index is 0.0410. The summed E-state index contributed by atoms with van der Waals surface area (Å²) in [5, 5.41) is 18.9. The molecule has 0 aliphatic carbocycles. The molecular formula is C20H20N2O3. The number of aromatic hydroxyl groups is 2. The van der Waals surface area contributed by atoms with Crippen molar-refractivity contribution >= 4 is 17.7 Å². The number of carbonyl (C=O) groups excluding carboxylic acids is 1. The van der Waals surface area contributed by atoms with E-state index in [-0.39, 0.29) is 17.4 Å². The summed E-state index contributed by atoms with van der Waals surface area (Å²) in [6.45, 7) is 1.34. The Morgan fingerprint density at radius 3 is 2.60 bits per heavy atom. The molecule has 5 nitrogen and oxygen atoms in total. The van der Waals surface area contributed by atoms with E-state index >= 15 is 0 Å². The van der Waals surface area contributed by atoms with Gasteiger partial charge in [0.05, 0.1) is 0 Å². The van der Waals surface area contributed by atoms with Crippen molar-refractivity contribution in [1.29, 1.82) is 0 Å². The molecule has 1 heterocycles. The van der Waals surface area contributed by atoms with Gasteiger partial charge in [-0.05, 0) is 23.6 Å². The van der Waals surface area contributed by atoms with Gasteiger partial charge in [-0.2, -0.15) is 0 Å². The van der Waals surface area contributed by atoms with Gasteiger partial charge in [0.1, 0.15) is 0 Å². The first-order valence-electron chi connectivity index (χ1n) is 8.06. The van der Waals surface area contributed by atoms with E-state index in [9.17, 15) is 15.0 Å². The van der Waals surface area contributed by atoms with Crippen molar-refractivity contribution in [3.8, 4) is 11.5 Å². The van der Waals surface area contributed by atoms with Crippen LogP contribution < -0.4 is 5.73 Å². The van der Waals surface area contributed by atoms with Gasteiger partial charge in [-0.3, -0.25) is 4.79 Å². The lowest BCUT2D eigenvalue weighted by atomic mass is 10.00. The molecule has 0 saturated heterocycles. The summed E-state index contributed by atoms with van der Waals surface area (Å²) in [6.07, 6.45) is 7.38. The highest BCUT2D eigenvalue weighted by Gasteiger charge is 2.18. The van der Waals surface area contributed by atoms with Gasteiger partial charge < -0.3 is 20.8 Å². The van der Waals surface area contributed by atoms with Gasteiger partial charge >= 0.3 is 0 Å². The zero-order valence-corrected chi connectivity index (χ0v) is 13.7. The van der Waals surface area contributed by atoms with Crippen molar-refractivity contribution in [1.82, 2.24) is 4.90 Å². The topological polar surface area (TPSA) is 86.8 Å². The van der Waals surface area contributed by atoms with Gasteiger partial charge in [0.15, 0.2) is 11.5 Å². The van der Waals surface area contributed by atoms with Crippen molar-refractivity contribution < 1.29 is 15.0 Å². The zero-order valence-electron chi connectivity index (χ0n) is 13.7. The Morgan fingerprint density at radius 2 is 1.80 bits per heavy atom. The molecule has 128 valence electrons. The number of fused-ring (bicyclic) bond motifs is 1. The fraction of sp³-hybridized carbons (Fsp3) is 0.150. The van der Waals surface area contributed by atoms with E-state index in [1.165, 1.54) is 29.3 Å². The summed E-state index contributed by atoms with van der Waals surface area (Å²) >= 11 is 0. The third-order valence-electron chi connectivity index (χ3n) is 4.25. The molecule has 0 bridgehead atoms. The number of allylic oxidation sites excluding steroid dienone is 2. The van der Waals surface area contributed by atoms with E-state index in [0.29, 0.717) is 24.3 Å². The second-order valence-electron chi connectivity index (χ2n) is 5.97. The molecule has 2 aromatic rings. The molecule has 0 aromatic heterocycles. The quantitative estimate of drug-likeness (QED) is 0.264. The second-order valence-corrected chi connectivity index (χ2v) is 5.97. The summed E-state index contributed by atoms with van der Waals surface area (Å²) in [6, 6.07) is 10.8. The molecule has 4 N–H and O–H groups in total. The van der Waals surface area contributed by atoms with Crippen LogP contribution in [-0.4, -0.2) is 27.6 Å².